The molecule has 0 unspecified atom stereocenters. The van der Waals surface area contributed by atoms with Gasteiger partial charge in [0, 0.05) is 11.4 Å². The largest absolute Gasteiger partial charge is 0.399 e. The van der Waals surface area contributed by atoms with Gasteiger partial charge in [-0.15, -0.1) is 0 Å². The number of amides is 4. The van der Waals surface area contributed by atoms with Gasteiger partial charge in [0.2, 0.25) is 0 Å². The summed E-state index contributed by atoms with van der Waals surface area (Å²) in [6.07, 6.45) is 0. The molecular formula is C42H38N4O4. The van der Waals surface area contributed by atoms with Gasteiger partial charge in [-0.3, -0.25) is 19.2 Å². The van der Waals surface area contributed by atoms with Crippen LogP contribution in [0.4, 0.5) is 22.7 Å². The van der Waals surface area contributed by atoms with Gasteiger partial charge in [-0.2, -0.15) is 0 Å². The zero-order chi connectivity index (χ0) is 35.9. The summed E-state index contributed by atoms with van der Waals surface area (Å²) in [4.78, 5) is 59.0. The summed E-state index contributed by atoms with van der Waals surface area (Å²) in [7, 11) is 0. The monoisotopic (exact) mass is 662 g/mol. The predicted octanol–water partition coefficient (Wildman–Crippen LogP) is 8.38. The molecule has 2 aliphatic rings. The van der Waals surface area contributed by atoms with Crippen molar-refractivity contribution in [2.24, 2.45) is 0 Å². The summed E-state index contributed by atoms with van der Waals surface area (Å²) in [5.41, 5.74) is 18.6. The van der Waals surface area contributed by atoms with Crippen molar-refractivity contribution in [3.63, 3.8) is 0 Å². The Balaban J connectivity index is 1.35. The molecule has 7 rings (SSSR count). The maximum atomic E-state index is 14.2. The number of imide groups is 2. The molecule has 8 nitrogen and oxygen atoms in total. The van der Waals surface area contributed by atoms with Crippen LogP contribution in [0.5, 0.6) is 0 Å². The number of carbonyl (C=O) groups excluding carboxylic acids is 4. The van der Waals surface area contributed by atoms with Crippen LogP contribution in [-0.2, 0) is 10.8 Å². The van der Waals surface area contributed by atoms with Crippen LogP contribution in [-0.4, -0.2) is 23.6 Å². The normalized spacial score (nSPS) is 14.4. The number of anilines is 4. The first kappa shape index (κ1) is 32.5. The van der Waals surface area contributed by atoms with Crippen LogP contribution in [0.2, 0.25) is 0 Å². The third-order valence-electron chi connectivity index (χ3n) is 9.40. The van der Waals surface area contributed by atoms with Crippen molar-refractivity contribution >= 4 is 46.4 Å². The molecule has 2 heterocycles. The van der Waals surface area contributed by atoms with Crippen molar-refractivity contribution in [3.05, 3.63) is 130 Å². The quantitative estimate of drug-likeness (QED) is 0.147. The van der Waals surface area contributed by atoms with Gasteiger partial charge in [0.05, 0.1) is 33.6 Å². The lowest BCUT2D eigenvalue weighted by molar-refractivity contribution is 0.0908. The Hall–Kier alpha value is -6.02. The van der Waals surface area contributed by atoms with Crippen LogP contribution in [0.3, 0.4) is 0 Å². The lowest BCUT2D eigenvalue weighted by atomic mass is 9.73. The SMILES string of the molecule is CC(C)(C)c1c(N2C(=O)c3ccc(-c4ccc(N)cc4)cc3C2=O)ccc(N2C(=O)c3ccc(-c4ccc(N)cc4)cc3C2=O)c1C(C)(C)C. The van der Waals surface area contributed by atoms with Gasteiger partial charge < -0.3 is 11.5 Å². The molecule has 0 saturated heterocycles. The number of carbonyl (C=O) groups is 4. The van der Waals surface area contributed by atoms with E-state index in [4.69, 9.17) is 11.5 Å². The molecule has 0 aliphatic carbocycles. The van der Waals surface area contributed by atoms with Crippen LogP contribution in [0.25, 0.3) is 22.3 Å². The minimum atomic E-state index is -0.612. The number of benzene rings is 5. The van der Waals surface area contributed by atoms with Gasteiger partial charge in [0.25, 0.3) is 23.6 Å². The zero-order valence-corrected chi connectivity index (χ0v) is 28.9. The minimum absolute atomic E-state index is 0.308. The second-order valence-corrected chi connectivity index (χ2v) is 15.0. The van der Waals surface area contributed by atoms with E-state index in [0.717, 1.165) is 22.3 Å². The first-order chi connectivity index (χ1) is 23.6. The van der Waals surface area contributed by atoms with E-state index < -0.39 is 34.5 Å². The van der Waals surface area contributed by atoms with Crippen molar-refractivity contribution in [2.45, 2.75) is 52.4 Å². The average Bonchev–Trinajstić information content (AvgIpc) is 3.47. The zero-order valence-electron chi connectivity index (χ0n) is 28.9. The van der Waals surface area contributed by atoms with Crippen LogP contribution in [0, 0.1) is 0 Å². The summed E-state index contributed by atoms with van der Waals surface area (Å²) >= 11 is 0. The molecule has 4 N–H and O–H groups in total. The number of hydrogen-bond acceptors (Lipinski definition) is 6. The molecule has 2 aliphatic heterocycles. The highest BCUT2D eigenvalue weighted by molar-refractivity contribution is 6.36. The molecule has 0 spiro atoms. The summed E-state index contributed by atoms with van der Waals surface area (Å²) in [6, 6.07) is 28.6. The van der Waals surface area contributed by atoms with Crippen molar-refractivity contribution in [2.75, 3.05) is 21.3 Å². The summed E-state index contributed by atoms with van der Waals surface area (Å²) < 4.78 is 0. The molecule has 250 valence electrons. The lowest BCUT2D eigenvalue weighted by Crippen LogP contribution is -2.37. The molecule has 4 amide bonds. The maximum absolute atomic E-state index is 14.2. The Kier molecular flexibility index (Phi) is 7.33. The molecule has 0 bridgehead atoms. The molecule has 0 radical (unpaired) electrons. The van der Waals surface area contributed by atoms with Crippen molar-refractivity contribution < 1.29 is 19.2 Å². The molecular weight excluding hydrogens is 624 g/mol. The van der Waals surface area contributed by atoms with Gasteiger partial charge >= 0.3 is 0 Å². The number of nitrogen functional groups attached to an aromatic ring is 2. The molecule has 0 atom stereocenters. The predicted molar refractivity (Wildman–Crippen MR) is 199 cm³/mol. The highest BCUT2D eigenvalue weighted by atomic mass is 16.2. The lowest BCUT2D eigenvalue weighted by Gasteiger charge is -2.37. The Morgan fingerprint density at radius 3 is 1.02 bits per heavy atom. The van der Waals surface area contributed by atoms with E-state index in [1.165, 1.54) is 9.80 Å². The first-order valence-corrected chi connectivity index (χ1v) is 16.5. The molecule has 5 aromatic rings. The van der Waals surface area contributed by atoms with Gasteiger partial charge in [0.15, 0.2) is 0 Å². The molecule has 0 saturated carbocycles. The molecule has 0 aromatic heterocycles. The fraction of sp³-hybridized carbons (Fsp3) is 0.190. The fourth-order valence-corrected chi connectivity index (χ4v) is 7.10. The highest BCUT2D eigenvalue weighted by Crippen LogP contribution is 2.48. The third-order valence-corrected chi connectivity index (χ3v) is 9.40. The van der Waals surface area contributed by atoms with Crippen LogP contribution in [0.1, 0.15) is 94.1 Å². The topological polar surface area (TPSA) is 127 Å². The number of hydrogen-bond donors (Lipinski definition) is 2. The second-order valence-electron chi connectivity index (χ2n) is 15.0. The second kappa shape index (κ2) is 11.3. The van der Waals surface area contributed by atoms with E-state index in [0.29, 0.717) is 56.1 Å². The van der Waals surface area contributed by atoms with E-state index in [-0.39, 0.29) is 0 Å². The molecule has 0 fully saturated rings. The van der Waals surface area contributed by atoms with Gasteiger partial charge in [-0.1, -0.05) is 77.9 Å². The Bertz CT molecular complexity index is 2110. The first-order valence-electron chi connectivity index (χ1n) is 16.5. The van der Waals surface area contributed by atoms with Crippen LogP contribution >= 0.6 is 0 Å². The van der Waals surface area contributed by atoms with E-state index >= 15 is 0 Å². The maximum Gasteiger partial charge on any atom is 0.266 e. The van der Waals surface area contributed by atoms with E-state index in [9.17, 15) is 19.2 Å². The number of nitrogens with two attached hydrogens (primary N) is 2. The van der Waals surface area contributed by atoms with E-state index in [2.05, 4.69) is 0 Å². The Morgan fingerprint density at radius 2 is 0.700 bits per heavy atom. The summed E-state index contributed by atoms with van der Waals surface area (Å²) in [5.74, 6) is -1.72. The van der Waals surface area contributed by atoms with E-state index in [1.54, 1.807) is 60.7 Å². The fourth-order valence-electron chi connectivity index (χ4n) is 7.10. The summed E-state index contributed by atoms with van der Waals surface area (Å²) in [6.45, 7) is 12.0. The average molecular weight is 663 g/mol. The third kappa shape index (κ3) is 5.15. The summed E-state index contributed by atoms with van der Waals surface area (Å²) in [5, 5.41) is 0. The molecule has 50 heavy (non-hydrogen) atoms. The van der Waals surface area contributed by atoms with Crippen molar-refractivity contribution in [1.29, 1.82) is 0 Å². The van der Waals surface area contributed by atoms with Gasteiger partial charge in [-0.25, -0.2) is 9.80 Å². The van der Waals surface area contributed by atoms with Crippen molar-refractivity contribution in [3.8, 4) is 22.3 Å². The Morgan fingerprint density at radius 1 is 0.400 bits per heavy atom. The number of rotatable bonds is 4. The van der Waals surface area contributed by atoms with Gasteiger partial charge in [-0.05, 0) is 105 Å². The van der Waals surface area contributed by atoms with E-state index in [1.807, 2.05) is 77.9 Å². The van der Waals surface area contributed by atoms with Crippen LogP contribution < -0.4 is 21.3 Å². The standard InChI is InChI=1S/C42H38N4O4/c1-41(2,3)35-33(45-37(47)29-17-11-25(21-31(29)39(45)49)23-7-13-27(43)14-8-23)19-20-34(36(35)42(4,5)6)46-38(48)30-18-12-26(22-32(30)40(46)50)24-9-15-28(44)16-10-24/h7-22H,43-44H2,1-6H3. The Labute approximate surface area is 291 Å². The number of fused-ring (bicyclic) bond motifs is 2. The number of nitrogens with zero attached hydrogens (tertiary/aromatic N) is 2. The van der Waals surface area contributed by atoms with Gasteiger partial charge in [0.1, 0.15) is 0 Å². The molecule has 8 heteroatoms. The van der Waals surface area contributed by atoms with Crippen molar-refractivity contribution in [1.82, 2.24) is 0 Å². The van der Waals surface area contributed by atoms with Crippen LogP contribution in [0.15, 0.2) is 97.1 Å². The minimum Gasteiger partial charge on any atom is -0.399 e. The smallest absolute Gasteiger partial charge is 0.266 e. The molecule has 5 aromatic carbocycles. The highest BCUT2D eigenvalue weighted by Gasteiger charge is 2.44.